The summed E-state index contributed by atoms with van der Waals surface area (Å²) in [6.45, 7) is 3.99. The van der Waals surface area contributed by atoms with E-state index in [-0.39, 0.29) is 12.3 Å². The third-order valence-corrected chi connectivity index (χ3v) is 1.75. The number of nitriles is 1. The Morgan fingerprint density at radius 1 is 1.50 bits per heavy atom. The number of rotatable bonds is 5. The van der Waals surface area contributed by atoms with Crippen molar-refractivity contribution in [2.24, 2.45) is 0 Å². The Morgan fingerprint density at radius 2 is 2.19 bits per heavy atom. The van der Waals surface area contributed by atoms with Crippen LogP contribution in [0.5, 0.6) is 5.75 Å². The summed E-state index contributed by atoms with van der Waals surface area (Å²) in [5, 5.41) is 10.9. The lowest BCUT2D eigenvalue weighted by Gasteiger charge is -2.05. The second-order valence-electron chi connectivity index (χ2n) is 3.01. The first kappa shape index (κ1) is 11.8. The summed E-state index contributed by atoms with van der Waals surface area (Å²) in [5.74, 6) is 0.389. The Bertz CT molecular complexity index is 404. The van der Waals surface area contributed by atoms with E-state index in [1.165, 1.54) is 0 Å². The molecule has 0 radical (unpaired) electrons. The molecule has 1 N–H and O–H groups in total. The molecular formula is C12H12N2O2. The van der Waals surface area contributed by atoms with Gasteiger partial charge in [0.25, 0.3) is 0 Å². The van der Waals surface area contributed by atoms with Gasteiger partial charge in [0.05, 0.1) is 6.07 Å². The number of nitrogens with one attached hydrogen (secondary N) is 1. The maximum atomic E-state index is 11.1. The molecule has 0 aliphatic carbocycles. The van der Waals surface area contributed by atoms with Crippen LogP contribution in [0, 0.1) is 11.3 Å². The summed E-state index contributed by atoms with van der Waals surface area (Å²) in [6, 6.07) is 8.69. The number of ether oxygens (including phenoxy) is 1. The number of carbonyl (C=O) groups is 1. The fourth-order valence-corrected chi connectivity index (χ4v) is 1.07. The minimum atomic E-state index is -0.317. The molecule has 0 aliphatic rings. The van der Waals surface area contributed by atoms with E-state index >= 15 is 0 Å². The summed E-state index contributed by atoms with van der Waals surface area (Å²) in [5.41, 5.74) is 0.645. The van der Waals surface area contributed by atoms with Gasteiger partial charge in [0.2, 0.25) is 5.91 Å². The van der Waals surface area contributed by atoms with E-state index in [1.54, 1.807) is 36.4 Å². The summed E-state index contributed by atoms with van der Waals surface area (Å²) >= 11 is 0. The molecule has 0 heterocycles. The van der Waals surface area contributed by atoms with Crippen molar-refractivity contribution >= 4 is 11.6 Å². The normalized spacial score (nSPS) is 8.94. The third kappa shape index (κ3) is 3.84. The zero-order valence-electron chi connectivity index (χ0n) is 8.77. The van der Waals surface area contributed by atoms with E-state index in [0.717, 1.165) is 0 Å². The van der Waals surface area contributed by atoms with Gasteiger partial charge < -0.3 is 10.1 Å². The van der Waals surface area contributed by atoms with Gasteiger partial charge in [0, 0.05) is 5.69 Å². The fourth-order valence-electron chi connectivity index (χ4n) is 1.07. The van der Waals surface area contributed by atoms with Crippen LogP contribution in [0.2, 0.25) is 0 Å². The van der Waals surface area contributed by atoms with Gasteiger partial charge in [0.15, 0.2) is 0 Å². The van der Waals surface area contributed by atoms with Crippen molar-refractivity contribution in [3.8, 4) is 11.8 Å². The molecule has 0 unspecified atom stereocenters. The van der Waals surface area contributed by atoms with E-state index in [1.807, 2.05) is 0 Å². The molecule has 1 aromatic rings. The minimum absolute atomic E-state index is 0.144. The second kappa shape index (κ2) is 6.25. The van der Waals surface area contributed by atoms with E-state index in [9.17, 15) is 4.79 Å². The smallest absolute Gasteiger partial charge is 0.238 e. The highest BCUT2D eigenvalue weighted by Crippen LogP contribution is 2.15. The molecule has 1 aromatic carbocycles. The maximum Gasteiger partial charge on any atom is 0.238 e. The maximum absolute atomic E-state index is 11.1. The lowest BCUT2D eigenvalue weighted by atomic mass is 10.3. The minimum Gasteiger partial charge on any atom is -0.490 e. The number of amides is 1. The van der Waals surface area contributed by atoms with Crippen LogP contribution in [-0.2, 0) is 4.79 Å². The number of hydrogen-bond acceptors (Lipinski definition) is 3. The molecule has 0 aromatic heterocycles. The van der Waals surface area contributed by atoms with Crippen molar-refractivity contribution in [3.63, 3.8) is 0 Å². The van der Waals surface area contributed by atoms with E-state index in [2.05, 4.69) is 11.9 Å². The number of nitrogens with zero attached hydrogens (tertiary/aromatic N) is 1. The molecule has 4 heteroatoms. The van der Waals surface area contributed by atoms with Crippen LogP contribution >= 0.6 is 0 Å². The molecule has 0 aliphatic heterocycles. The zero-order valence-corrected chi connectivity index (χ0v) is 8.77. The standard InChI is InChI=1S/C12H12N2O2/c1-2-9-16-11-5-3-10(4-6-11)14-12(15)7-8-13/h2-6H,1,7,9H2,(H,14,15). The van der Waals surface area contributed by atoms with E-state index < -0.39 is 0 Å². The Hall–Kier alpha value is -2.28. The zero-order chi connectivity index (χ0) is 11.8. The lowest BCUT2D eigenvalue weighted by molar-refractivity contribution is -0.115. The van der Waals surface area contributed by atoms with Gasteiger partial charge >= 0.3 is 0 Å². The second-order valence-corrected chi connectivity index (χ2v) is 3.01. The van der Waals surface area contributed by atoms with Crippen LogP contribution in [0.4, 0.5) is 5.69 Å². The van der Waals surface area contributed by atoms with Crippen LogP contribution in [0.15, 0.2) is 36.9 Å². The average Bonchev–Trinajstić information content (AvgIpc) is 2.28. The molecule has 1 amide bonds. The van der Waals surface area contributed by atoms with Crippen molar-refractivity contribution in [1.29, 1.82) is 5.26 Å². The van der Waals surface area contributed by atoms with Crippen molar-refractivity contribution in [2.75, 3.05) is 11.9 Å². The fraction of sp³-hybridized carbons (Fsp3) is 0.167. The van der Waals surface area contributed by atoms with Gasteiger partial charge in [-0.05, 0) is 24.3 Å². The summed E-state index contributed by atoms with van der Waals surface area (Å²) in [4.78, 5) is 11.1. The molecule has 0 fully saturated rings. The van der Waals surface area contributed by atoms with Gasteiger partial charge in [0.1, 0.15) is 18.8 Å². The van der Waals surface area contributed by atoms with E-state index in [4.69, 9.17) is 10.00 Å². The third-order valence-electron chi connectivity index (χ3n) is 1.75. The van der Waals surface area contributed by atoms with Crippen LogP contribution in [-0.4, -0.2) is 12.5 Å². The molecule has 0 atom stereocenters. The molecule has 0 bridgehead atoms. The topological polar surface area (TPSA) is 62.1 Å². The number of carbonyl (C=O) groups excluding carboxylic acids is 1. The van der Waals surface area contributed by atoms with Crippen LogP contribution in [0.3, 0.4) is 0 Å². The first-order valence-corrected chi connectivity index (χ1v) is 4.77. The number of hydrogen-bond donors (Lipinski definition) is 1. The molecule has 0 saturated heterocycles. The quantitative estimate of drug-likeness (QED) is 0.766. The molecule has 16 heavy (non-hydrogen) atoms. The van der Waals surface area contributed by atoms with Gasteiger partial charge in [-0.15, -0.1) is 0 Å². The Labute approximate surface area is 94.1 Å². The van der Waals surface area contributed by atoms with Crippen LogP contribution < -0.4 is 10.1 Å². The molecule has 4 nitrogen and oxygen atoms in total. The Balaban J connectivity index is 2.54. The highest BCUT2D eigenvalue weighted by molar-refractivity contribution is 5.92. The predicted molar refractivity (Wildman–Crippen MR) is 61.0 cm³/mol. The summed E-state index contributed by atoms with van der Waals surface area (Å²) in [6.07, 6.45) is 1.51. The predicted octanol–water partition coefficient (Wildman–Crippen LogP) is 2.10. The SMILES string of the molecule is C=CCOc1ccc(NC(=O)CC#N)cc1. The number of benzene rings is 1. The van der Waals surface area contributed by atoms with Crippen molar-refractivity contribution in [3.05, 3.63) is 36.9 Å². The lowest BCUT2D eigenvalue weighted by Crippen LogP contribution is -2.09. The largest absolute Gasteiger partial charge is 0.490 e. The highest BCUT2D eigenvalue weighted by atomic mass is 16.5. The highest BCUT2D eigenvalue weighted by Gasteiger charge is 2.00. The molecule has 0 saturated carbocycles. The van der Waals surface area contributed by atoms with Crippen molar-refractivity contribution < 1.29 is 9.53 Å². The van der Waals surface area contributed by atoms with Gasteiger partial charge in [-0.3, -0.25) is 4.79 Å². The van der Waals surface area contributed by atoms with Gasteiger partial charge in [-0.2, -0.15) is 5.26 Å². The van der Waals surface area contributed by atoms with Crippen LogP contribution in [0.25, 0.3) is 0 Å². The summed E-state index contributed by atoms with van der Waals surface area (Å²) in [7, 11) is 0. The Kier molecular flexibility index (Phi) is 4.61. The average molecular weight is 216 g/mol. The molecule has 0 spiro atoms. The Morgan fingerprint density at radius 3 is 2.75 bits per heavy atom. The monoisotopic (exact) mass is 216 g/mol. The summed E-state index contributed by atoms with van der Waals surface area (Å²) < 4.78 is 5.28. The first-order chi connectivity index (χ1) is 7.76. The van der Waals surface area contributed by atoms with E-state index in [0.29, 0.717) is 18.0 Å². The molecular weight excluding hydrogens is 204 g/mol. The van der Waals surface area contributed by atoms with Gasteiger partial charge in [-0.1, -0.05) is 12.7 Å². The van der Waals surface area contributed by atoms with Crippen molar-refractivity contribution in [2.45, 2.75) is 6.42 Å². The van der Waals surface area contributed by atoms with Gasteiger partial charge in [-0.25, -0.2) is 0 Å². The molecule has 82 valence electrons. The van der Waals surface area contributed by atoms with Crippen LogP contribution in [0.1, 0.15) is 6.42 Å². The number of anilines is 1. The van der Waals surface area contributed by atoms with Crippen molar-refractivity contribution in [1.82, 2.24) is 0 Å². The molecule has 1 rings (SSSR count). The first-order valence-electron chi connectivity index (χ1n) is 4.77.